The maximum Gasteiger partial charge on any atom is 0.224 e. The van der Waals surface area contributed by atoms with Gasteiger partial charge in [0.2, 0.25) is 5.91 Å². The highest BCUT2D eigenvalue weighted by Crippen LogP contribution is 2.37. The minimum atomic E-state index is -0.209. The van der Waals surface area contributed by atoms with E-state index in [0.717, 1.165) is 23.3 Å². The summed E-state index contributed by atoms with van der Waals surface area (Å²) < 4.78 is 13.8. The predicted molar refractivity (Wildman–Crippen MR) is 87.8 cm³/mol. The first-order valence-corrected chi connectivity index (χ1v) is 8.45. The zero-order valence-electron chi connectivity index (χ0n) is 11.8. The van der Waals surface area contributed by atoms with Crippen LogP contribution in [0.3, 0.4) is 0 Å². The van der Waals surface area contributed by atoms with E-state index in [2.05, 4.69) is 5.32 Å². The summed E-state index contributed by atoms with van der Waals surface area (Å²) in [6.07, 6.45) is 1.11. The largest absolute Gasteiger partial charge is 0.349 e. The third kappa shape index (κ3) is 3.45. The zero-order valence-corrected chi connectivity index (χ0v) is 13.4. The highest BCUT2D eigenvalue weighted by Gasteiger charge is 2.24. The number of carbonyl (C=O) groups is 1. The van der Waals surface area contributed by atoms with E-state index in [0.29, 0.717) is 16.3 Å². The minimum Gasteiger partial charge on any atom is -0.349 e. The van der Waals surface area contributed by atoms with Crippen LogP contribution in [0.1, 0.15) is 23.6 Å². The van der Waals surface area contributed by atoms with Crippen molar-refractivity contribution in [3.63, 3.8) is 0 Å². The molecular weight excluding hydrogens is 321 g/mol. The molecule has 2 aromatic carbocycles. The first kappa shape index (κ1) is 15.4. The van der Waals surface area contributed by atoms with Crippen molar-refractivity contribution in [2.24, 2.45) is 0 Å². The number of rotatable bonds is 3. The number of fused-ring (bicyclic) bond motifs is 1. The van der Waals surface area contributed by atoms with Crippen LogP contribution in [0.2, 0.25) is 5.02 Å². The van der Waals surface area contributed by atoms with Gasteiger partial charge in [-0.2, -0.15) is 0 Å². The number of benzene rings is 2. The molecule has 2 aromatic rings. The van der Waals surface area contributed by atoms with Crippen LogP contribution in [0.5, 0.6) is 0 Å². The molecule has 0 spiro atoms. The fourth-order valence-electron chi connectivity index (χ4n) is 2.57. The molecule has 1 amide bonds. The Morgan fingerprint density at radius 1 is 1.27 bits per heavy atom. The highest BCUT2D eigenvalue weighted by molar-refractivity contribution is 7.99. The van der Waals surface area contributed by atoms with Crippen molar-refractivity contribution in [3.05, 3.63) is 64.4 Å². The van der Waals surface area contributed by atoms with Gasteiger partial charge in [-0.15, -0.1) is 11.8 Å². The van der Waals surface area contributed by atoms with Crippen LogP contribution in [-0.2, 0) is 11.2 Å². The second kappa shape index (κ2) is 6.71. The number of hydrogen-bond acceptors (Lipinski definition) is 2. The molecule has 22 heavy (non-hydrogen) atoms. The van der Waals surface area contributed by atoms with Crippen LogP contribution < -0.4 is 5.32 Å². The molecule has 2 nitrogen and oxygen atoms in total. The van der Waals surface area contributed by atoms with Gasteiger partial charge in [0.1, 0.15) is 5.82 Å². The Labute approximate surface area is 138 Å². The van der Waals surface area contributed by atoms with Crippen LogP contribution in [0.15, 0.2) is 47.4 Å². The maximum absolute atomic E-state index is 13.8. The highest BCUT2D eigenvalue weighted by atomic mass is 35.5. The first-order chi connectivity index (χ1) is 10.6. The summed E-state index contributed by atoms with van der Waals surface area (Å²) in [4.78, 5) is 12.9. The molecule has 0 bridgehead atoms. The van der Waals surface area contributed by atoms with Gasteiger partial charge in [0.05, 0.1) is 12.5 Å². The van der Waals surface area contributed by atoms with Crippen molar-refractivity contribution >= 4 is 29.3 Å². The summed E-state index contributed by atoms with van der Waals surface area (Å²) in [7, 11) is 0. The summed E-state index contributed by atoms with van der Waals surface area (Å²) in [6, 6.07) is 12.1. The Bertz CT molecular complexity index is 690. The molecule has 1 heterocycles. The van der Waals surface area contributed by atoms with Gasteiger partial charge in [-0.3, -0.25) is 4.79 Å². The molecule has 0 radical (unpaired) electrons. The van der Waals surface area contributed by atoms with Crippen LogP contribution >= 0.6 is 23.4 Å². The molecule has 3 rings (SSSR count). The summed E-state index contributed by atoms with van der Waals surface area (Å²) >= 11 is 7.35. The predicted octanol–water partition coefficient (Wildman–Crippen LogP) is 4.37. The van der Waals surface area contributed by atoms with Gasteiger partial charge in [0.15, 0.2) is 0 Å². The third-order valence-electron chi connectivity index (χ3n) is 3.64. The summed E-state index contributed by atoms with van der Waals surface area (Å²) in [5.74, 6) is 0.536. The lowest BCUT2D eigenvalue weighted by Gasteiger charge is -2.26. The van der Waals surface area contributed by atoms with Gasteiger partial charge < -0.3 is 5.32 Å². The van der Waals surface area contributed by atoms with Gasteiger partial charge in [-0.25, -0.2) is 4.39 Å². The fourth-order valence-corrected chi connectivity index (χ4v) is 3.84. The molecule has 0 aromatic heterocycles. The normalized spacial score (nSPS) is 16.9. The summed E-state index contributed by atoms with van der Waals surface area (Å²) in [5, 5.41) is 3.66. The lowest BCUT2D eigenvalue weighted by atomic mass is 10.0. The second-order valence-electron chi connectivity index (χ2n) is 5.22. The van der Waals surface area contributed by atoms with Crippen LogP contribution in [-0.4, -0.2) is 11.7 Å². The Balaban J connectivity index is 1.70. The van der Waals surface area contributed by atoms with Gasteiger partial charge in [-0.1, -0.05) is 35.9 Å². The maximum atomic E-state index is 13.8. The molecule has 0 fully saturated rings. The first-order valence-electron chi connectivity index (χ1n) is 7.08. The summed E-state index contributed by atoms with van der Waals surface area (Å²) in [5.41, 5.74) is 1.78. The monoisotopic (exact) mass is 335 g/mol. The Hall–Kier alpha value is -1.52. The lowest BCUT2D eigenvalue weighted by molar-refractivity contribution is -0.121. The van der Waals surface area contributed by atoms with Crippen LogP contribution in [0, 0.1) is 5.82 Å². The minimum absolute atomic E-state index is 0.0607. The Kier molecular flexibility index (Phi) is 4.69. The van der Waals surface area contributed by atoms with Gasteiger partial charge in [-0.05, 0) is 35.7 Å². The molecule has 0 saturated carbocycles. The van der Waals surface area contributed by atoms with E-state index in [-0.39, 0.29) is 17.8 Å². The average molecular weight is 336 g/mol. The molecule has 0 saturated heterocycles. The molecule has 1 aliphatic heterocycles. The molecule has 114 valence electrons. The van der Waals surface area contributed by atoms with Crippen molar-refractivity contribution in [2.75, 3.05) is 5.75 Å². The van der Waals surface area contributed by atoms with E-state index in [4.69, 9.17) is 11.6 Å². The molecule has 1 atom stereocenters. The summed E-state index contributed by atoms with van der Waals surface area (Å²) in [6.45, 7) is 0. The average Bonchev–Trinajstić information content (AvgIpc) is 2.51. The second-order valence-corrected chi connectivity index (χ2v) is 6.76. The van der Waals surface area contributed by atoms with Crippen molar-refractivity contribution in [1.82, 2.24) is 5.32 Å². The van der Waals surface area contributed by atoms with E-state index in [1.807, 2.05) is 18.2 Å². The zero-order chi connectivity index (χ0) is 15.5. The van der Waals surface area contributed by atoms with Crippen LogP contribution in [0.4, 0.5) is 4.39 Å². The van der Waals surface area contributed by atoms with E-state index < -0.39 is 0 Å². The quantitative estimate of drug-likeness (QED) is 0.902. The number of hydrogen-bond donors (Lipinski definition) is 1. The van der Waals surface area contributed by atoms with E-state index in [1.54, 1.807) is 18.2 Å². The van der Waals surface area contributed by atoms with Gasteiger partial charge in [0.25, 0.3) is 0 Å². The smallest absolute Gasteiger partial charge is 0.224 e. The molecule has 1 N–H and O–H groups in total. The molecule has 0 unspecified atom stereocenters. The van der Waals surface area contributed by atoms with Crippen molar-refractivity contribution in [2.45, 2.75) is 23.8 Å². The van der Waals surface area contributed by atoms with Crippen molar-refractivity contribution in [3.8, 4) is 0 Å². The lowest BCUT2D eigenvalue weighted by Crippen LogP contribution is -2.32. The van der Waals surface area contributed by atoms with E-state index in [9.17, 15) is 9.18 Å². The molecule has 1 aliphatic rings. The standard InChI is InChI=1S/C17H15ClFNOS/c18-12-6-4-11(5-7-12)10-16(21)20-15-8-9-22-17-13(15)2-1-3-14(17)19/h1-7,15H,8-10H2,(H,20,21)/t15-/m1/s1. The SMILES string of the molecule is O=C(Cc1ccc(Cl)cc1)N[C@@H]1CCSc2c(F)cccc21. The number of carbonyl (C=O) groups excluding carboxylic acids is 1. The van der Waals surface area contributed by atoms with E-state index >= 15 is 0 Å². The fraction of sp³-hybridized carbons (Fsp3) is 0.235. The van der Waals surface area contributed by atoms with Gasteiger partial charge in [0, 0.05) is 15.7 Å². The Morgan fingerprint density at radius 3 is 2.82 bits per heavy atom. The molecule has 5 heteroatoms. The third-order valence-corrected chi connectivity index (χ3v) is 5.05. The molecular formula is C17H15ClFNOS. The van der Waals surface area contributed by atoms with Gasteiger partial charge >= 0.3 is 0 Å². The van der Waals surface area contributed by atoms with Crippen LogP contribution in [0.25, 0.3) is 0 Å². The Morgan fingerprint density at radius 2 is 2.05 bits per heavy atom. The number of halogens is 2. The number of amides is 1. The van der Waals surface area contributed by atoms with Crippen molar-refractivity contribution in [1.29, 1.82) is 0 Å². The number of nitrogens with one attached hydrogen (secondary N) is 1. The van der Waals surface area contributed by atoms with E-state index in [1.165, 1.54) is 17.8 Å². The molecule has 0 aliphatic carbocycles. The number of thioether (sulfide) groups is 1. The van der Waals surface area contributed by atoms with Crippen molar-refractivity contribution < 1.29 is 9.18 Å². The topological polar surface area (TPSA) is 29.1 Å².